The lowest BCUT2D eigenvalue weighted by atomic mass is 9.49. The lowest BCUT2D eigenvalue weighted by Gasteiger charge is -2.55. The van der Waals surface area contributed by atoms with Crippen molar-refractivity contribution in [1.82, 2.24) is 15.5 Å². The van der Waals surface area contributed by atoms with Gasteiger partial charge in [-0.2, -0.15) is 0 Å². The number of carbonyl (C=O) groups is 2. The molecule has 1 heterocycles. The van der Waals surface area contributed by atoms with Crippen molar-refractivity contribution in [1.29, 1.82) is 0 Å². The van der Waals surface area contributed by atoms with Crippen molar-refractivity contribution in [2.45, 2.75) is 77.4 Å². The van der Waals surface area contributed by atoms with E-state index in [1.54, 1.807) is 0 Å². The molecule has 4 aliphatic carbocycles. The average Bonchev–Trinajstić information content (AvgIpc) is 3.17. The first kappa shape index (κ1) is 21.9. The van der Waals surface area contributed by atoms with Crippen LogP contribution < -0.4 is 10.6 Å². The SMILES string of the molecule is CC(C)[C@@H](NC(=O)C12CC3CC(CC(C3)C1)C2)C(=O)N[C@@H]1CCN(Cc2ccccc2)C1. The lowest BCUT2D eigenvalue weighted by molar-refractivity contribution is -0.149. The maximum absolute atomic E-state index is 13.5. The minimum absolute atomic E-state index is 0.00959. The van der Waals surface area contributed by atoms with Gasteiger partial charge < -0.3 is 10.6 Å². The molecule has 2 amide bonds. The van der Waals surface area contributed by atoms with Crippen LogP contribution in [-0.2, 0) is 16.1 Å². The van der Waals surface area contributed by atoms with Gasteiger partial charge in [0.25, 0.3) is 0 Å². The summed E-state index contributed by atoms with van der Waals surface area (Å²) < 4.78 is 0. The molecule has 0 radical (unpaired) electrons. The summed E-state index contributed by atoms with van der Waals surface area (Å²) in [5, 5.41) is 6.49. The second-order valence-corrected chi connectivity index (χ2v) is 11.6. The summed E-state index contributed by atoms with van der Waals surface area (Å²) in [6.07, 6.45) is 8.04. The van der Waals surface area contributed by atoms with E-state index >= 15 is 0 Å². The Bertz CT molecular complexity index is 801. The zero-order valence-electron chi connectivity index (χ0n) is 19.7. The third-order valence-electron chi connectivity index (χ3n) is 8.62. The first-order chi connectivity index (χ1) is 15.4. The van der Waals surface area contributed by atoms with Crippen LogP contribution in [0.15, 0.2) is 30.3 Å². The Morgan fingerprint density at radius 3 is 2.25 bits per heavy atom. The minimum atomic E-state index is -0.446. The molecular weight excluding hydrogens is 398 g/mol. The fourth-order valence-electron chi connectivity index (χ4n) is 7.44. The molecule has 1 aliphatic heterocycles. The summed E-state index contributed by atoms with van der Waals surface area (Å²) >= 11 is 0. The van der Waals surface area contributed by atoms with E-state index in [1.807, 2.05) is 19.9 Å². The molecule has 0 spiro atoms. The average molecular weight is 438 g/mol. The van der Waals surface area contributed by atoms with Gasteiger partial charge in [-0.15, -0.1) is 0 Å². The first-order valence-electron chi connectivity index (χ1n) is 12.8. The van der Waals surface area contributed by atoms with Crippen LogP contribution in [0, 0.1) is 29.1 Å². The Morgan fingerprint density at radius 1 is 1.03 bits per heavy atom. The Balaban J connectivity index is 1.17. The molecule has 4 bridgehead atoms. The molecule has 6 rings (SSSR count). The number of amides is 2. The van der Waals surface area contributed by atoms with Crippen LogP contribution in [0.4, 0.5) is 0 Å². The fourth-order valence-corrected chi connectivity index (χ4v) is 7.44. The highest BCUT2D eigenvalue weighted by Gasteiger charge is 2.55. The minimum Gasteiger partial charge on any atom is -0.350 e. The number of hydrogen-bond donors (Lipinski definition) is 2. The molecule has 2 N–H and O–H groups in total. The molecule has 1 saturated heterocycles. The molecule has 2 atom stereocenters. The summed E-state index contributed by atoms with van der Waals surface area (Å²) in [6.45, 7) is 6.87. The maximum atomic E-state index is 13.5. The van der Waals surface area contributed by atoms with E-state index in [4.69, 9.17) is 0 Å². The van der Waals surface area contributed by atoms with E-state index in [-0.39, 0.29) is 29.2 Å². The topological polar surface area (TPSA) is 61.4 Å². The molecule has 1 aromatic carbocycles. The van der Waals surface area contributed by atoms with Crippen LogP contribution in [0.25, 0.3) is 0 Å². The molecule has 5 fully saturated rings. The van der Waals surface area contributed by atoms with E-state index in [2.05, 4.69) is 39.8 Å². The second kappa shape index (κ2) is 8.81. The van der Waals surface area contributed by atoms with Gasteiger partial charge in [0.15, 0.2) is 0 Å². The van der Waals surface area contributed by atoms with Gasteiger partial charge in [-0.1, -0.05) is 44.2 Å². The largest absolute Gasteiger partial charge is 0.350 e. The van der Waals surface area contributed by atoms with E-state index < -0.39 is 6.04 Å². The van der Waals surface area contributed by atoms with Gasteiger partial charge in [0.05, 0.1) is 0 Å². The van der Waals surface area contributed by atoms with Crippen LogP contribution in [0.5, 0.6) is 0 Å². The van der Waals surface area contributed by atoms with Crippen molar-refractivity contribution in [2.24, 2.45) is 29.1 Å². The van der Waals surface area contributed by atoms with Crippen LogP contribution >= 0.6 is 0 Å². The zero-order chi connectivity index (χ0) is 22.3. The third-order valence-corrected chi connectivity index (χ3v) is 8.62. The molecule has 5 nitrogen and oxygen atoms in total. The van der Waals surface area contributed by atoms with Crippen molar-refractivity contribution >= 4 is 11.8 Å². The normalized spacial score (nSPS) is 34.6. The highest BCUT2D eigenvalue weighted by molar-refractivity contribution is 5.90. The summed E-state index contributed by atoms with van der Waals surface area (Å²) in [5.41, 5.74) is 1.10. The van der Waals surface area contributed by atoms with E-state index in [9.17, 15) is 9.59 Å². The molecule has 0 aromatic heterocycles. The first-order valence-corrected chi connectivity index (χ1v) is 12.8. The van der Waals surface area contributed by atoms with Gasteiger partial charge in [-0.3, -0.25) is 14.5 Å². The molecule has 5 aliphatic rings. The van der Waals surface area contributed by atoms with Crippen molar-refractivity contribution < 1.29 is 9.59 Å². The predicted octanol–water partition coefficient (Wildman–Crippen LogP) is 3.73. The number of nitrogens with zero attached hydrogens (tertiary/aromatic N) is 1. The van der Waals surface area contributed by atoms with E-state index in [0.717, 1.165) is 63.1 Å². The lowest BCUT2D eigenvalue weighted by Crippen LogP contribution is -2.59. The van der Waals surface area contributed by atoms with Crippen LogP contribution in [0.2, 0.25) is 0 Å². The van der Waals surface area contributed by atoms with Crippen LogP contribution in [-0.4, -0.2) is 41.9 Å². The summed E-state index contributed by atoms with van der Waals surface area (Å²) in [4.78, 5) is 29.1. The number of rotatable bonds is 7. The Hall–Kier alpha value is -1.88. The summed E-state index contributed by atoms with van der Waals surface area (Å²) in [5.74, 6) is 2.41. The van der Waals surface area contributed by atoms with Gasteiger partial charge in [0.2, 0.25) is 11.8 Å². The van der Waals surface area contributed by atoms with Gasteiger partial charge in [0.1, 0.15) is 6.04 Å². The molecule has 5 heteroatoms. The highest BCUT2D eigenvalue weighted by atomic mass is 16.2. The second-order valence-electron chi connectivity index (χ2n) is 11.6. The molecule has 0 unspecified atom stereocenters. The molecular formula is C27H39N3O2. The van der Waals surface area contributed by atoms with Gasteiger partial charge >= 0.3 is 0 Å². The molecule has 4 saturated carbocycles. The van der Waals surface area contributed by atoms with Crippen molar-refractivity contribution in [2.75, 3.05) is 13.1 Å². The van der Waals surface area contributed by atoms with E-state index in [1.165, 1.54) is 24.8 Å². The zero-order valence-corrected chi connectivity index (χ0v) is 19.7. The number of carbonyl (C=O) groups excluding carboxylic acids is 2. The number of benzene rings is 1. The summed E-state index contributed by atoms with van der Waals surface area (Å²) in [6, 6.07) is 10.2. The Kier molecular flexibility index (Phi) is 6.04. The monoisotopic (exact) mass is 437 g/mol. The molecule has 1 aromatic rings. The predicted molar refractivity (Wildman–Crippen MR) is 126 cm³/mol. The van der Waals surface area contributed by atoms with Gasteiger partial charge in [-0.25, -0.2) is 0 Å². The Labute approximate surface area is 192 Å². The van der Waals surface area contributed by atoms with Crippen molar-refractivity contribution in [3.8, 4) is 0 Å². The van der Waals surface area contributed by atoms with Crippen LogP contribution in [0.1, 0.15) is 64.4 Å². The number of likely N-dealkylation sites (tertiary alicyclic amines) is 1. The van der Waals surface area contributed by atoms with Crippen molar-refractivity contribution in [3.05, 3.63) is 35.9 Å². The molecule has 32 heavy (non-hydrogen) atoms. The van der Waals surface area contributed by atoms with Gasteiger partial charge in [0, 0.05) is 31.1 Å². The highest BCUT2D eigenvalue weighted by Crippen LogP contribution is 2.60. The standard InChI is InChI=1S/C27H39N3O2/c1-18(2)24(29-26(32)27-13-20-10-21(14-27)12-22(11-20)15-27)25(31)28-23-8-9-30(17-23)16-19-6-4-3-5-7-19/h3-7,18,20-24H,8-17H2,1-2H3,(H,28,31)(H,29,32)/t20?,21?,22?,23-,24-,27?/m1/s1. The van der Waals surface area contributed by atoms with Crippen LogP contribution in [0.3, 0.4) is 0 Å². The third kappa shape index (κ3) is 4.46. The Morgan fingerprint density at radius 2 is 1.66 bits per heavy atom. The number of nitrogens with one attached hydrogen (secondary N) is 2. The maximum Gasteiger partial charge on any atom is 0.243 e. The fraction of sp³-hybridized carbons (Fsp3) is 0.704. The summed E-state index contributed by atoms with van der Waals surface area (Å²) in [7, 11) is 0. The molecule has 174 valence electrons. The quantitative estimate of drug-likeness (QED) is 0.683. The number of hydrogen-bond acceptors (Lipinski definition) is 3. The van der Waals surface area contributed by atoms with Crippen molar-refractivity contribution in [3.63, 3.8) is 0 Å². The van der Waals surface area contributed by atoms with E-state index in [0.29, 0.717) is 0 Å². The van der Waals surface area contributed by atoms with Gasteiger partial charge in [-0.05, 0) is 74.2 Å². The smallest absolute Gasteiger partial charge is 0.243 e.